The topological polar surface area (TPSA) is 49.8 Å². The number of carboxylic acid groups (broad SMARTS) is 1. The molecule has 1 aliphatic rings. The molecule has 0 spiro atoms. The number of likely N-dealkylation sites (tertiary alicyclic amines) is 1. The predicted molar refractivity (Wildman–Crippen MR) is 108 cm³/mol. The van der Waals surface area contributed by atoms with Crippen LogP contribution in [0.5, 0.6) is 5.75 Å². The normalized spacial score (nSPS) is 18.9. The molecule has 0 saturated carbocycles. The number of hydrogen-bond donors (Lipinski definition) is 1. The summed E-state index contributed by atoms with van der Waals surface area (Å²) in [6, 6.07) is 12.4. The van der Waals surface area contributed by atoms with Crippen molar-refractivity contribution in [2.24, 2.45) is 0 Å². The molecule has 1 N–H and O–H groups in total. The van der Waals surface area contributed by atoms with Crippen molar-refractivity contribution >= 4 is 29.2 Å². The third kappa shape index (κ3) is 4.40. The van der Waals surface area contributed by atoms with Crippen LogP contribution in [0.3, 0.4) is 0 Å². The van der Waals surface area contributed by atoms with Gasteiger partial charge in [0.1, 0.15) is 11.8 Å². The number of ether oxygens (including phenoxy) is 1. The third-order valence-electron chi connectivity index (χ3n) is 4.92. The largest absolute Gasteiger partial charge is 0.494 e. The zero-order chi connectivity index (χ0) is 19.4. The predicted octanol–water partition coefficient (Wildman–Crippen LogP) is 5.42. The molecule has 2 atom stereocenters. The molecule has 6 heteroatoms. The van der Waals surface area contributed by atoms with Gasteiger partial charge in [0.2, 0.25) is 0 Å². The molecular weight excluding hydrogens is 385 g/mol. The van der Waals surface area contributed by atoms with E-state index in [1.54, 1.807) is 6.07 Å². The molecule has 144 valence electrons. The van der Waals surface area contributed by atoms with E-state index in [1.807, 2.05) is 48.2 Å². The van der Waals surface area contributed by atoms with Crippen molar-refractivity contribution in [3.8, 4) is 5.75 Å². The molecule has 1 aliphatic heterocycles. The van der Waals surface area contributed by atoms with Crippen molar-refractivity contribution in [2.75, 3.05) is 13.2 Å². The van der Waals surface area contributed by atoms with Gasteiger partial charge in [-0.25, -0.2) is 0 Å². The first-order chi connectivity index (χ1) is 13.0. The van der Waals surface area contributed by atoms with E-state index < -0.39 is 12.0 Å². The lowest BCUT2D eigenvalue weighted by Gasteiger charge is -2.40. The van der Waals surface area contributed by atoms with Gasteiger partial charge in [0.25, 0.3) is 0 Å². The molecular formula is C21H23Cl2NO3. The van der Waals surface area contributed by atoms with Crippen molar-refractivity contribution < 1.29 is 14.6 Å². The number of halogens is 2. The molecule has 0 aliphatic carbocycles. The Kier molecular flexibility index (Phi) is 6.64. The molecule has 0 bridgehead atoms. The van der Waals surface area contributed by atoms with E-state index in [0.29, 0.717) is 29.6 Å². The minimum absolute atomic E-state index is 0.307. The van der Waals surface area contributed by atoms with Crippen molar-refractivity contribution in [3.05, 3.63) is 63.6 Å². The van der Waals surface area contributed by atoms with E-state index in [2.05, 4.69) is 0 Å². The number of carboxylic acids is 1. The molecule has 0 amide bonds. The molecule has 27 heavy (non-hydrogen) atoms. The van der Waals surface area contributed by atoms with E-state index in [9.17, 15) is 9.90 Å². The van der Waals surface area contributed by atoms with Crippen molar-refractivity contribution in [1.82, 2.24) is 4.90 Å². The van der Waals surface area contributed by atoms with Crippen LogP contribution in [0.1, 0.15) is 43.4 Å². The maximum absolute atomic E-state index is 11.9. The molecule has 2 unspecified atom stereocenters. The lowest BCUT2D eigenvalue weighted by Crippen LogP contribution is -2.46. The Labute approximate surface area is 169 Å². The first-order valence-corrected chi connectivity index (χ1v) is 9.93. The Balaban J connectivity index is 2.13. The second-order valence-corrected chi connectivity index (χ2v) is 7.42. The third-order valence-corrected chi connectivity index (χ3v) is 5.76. The standard InChI is InChI=1S/C21H23Cl2NO3/c1-2-27-15-8-5-7-14(13-15)20(16-9-6-10-17(22)19(16)23)24-12-4-3-11-18(24)21(25)26/h5-10,13,18,20H,2-4,11-12H2,1H3,(H,25,26). The number of carbonyl (C=O) groups is 1. The number of aliphatic carboxylic acids is 1. The lowest BCUT2D eigenvalue weighted by molar-refractivity contribution is -0.145. The Morgan fingerprint density at radius 1 is 1.26 bits per heavy atom. The van der Waals surface area contributed by atoms with E-state index in [4.69, 9.17) is 27.9 Å². The smallest absolute Gasteiger partial charge is 0.320 e. The quantitative estimate of drug-likeness (QED) is 0.694. The van der Waals surface area contributed by atoms with Gasteiger partial charge in [0.15, 0.2) is 0 Å². The number of rotatable bonds is 6. The van der Waals surface area contributed by atoms with Gasteiger partial charge < -0.3 is 9.84 Å². The van der Waals surface area contributed by atoms with Crippen LogP contribution in [0, 0.1) is 0 Å². The Hall–Kier alpha value is -1.75. The summed E-state index contributed by atoms with van der Waals surface area (Å²) in [5.41, 5.74) is 1.75. The minimum Gasteiger partial charge on any atom is -0.494 e. The zero-order valence-electron chi connectivity index (χ0n) is 15.2. The van der Waals surface area contributed by atoms with Gasteiger partial charge >= 0.3 is 5.97 Å². The van der Waals surface area contributed by atoms with E-state index >= 15 is 0 Å². The van der Waals surface area contributed by atoms with E-state index in [1.165, 1.54) is 0 Å². The highest BCUT2D eigenvalue weighted by molar-refractivity contribution is 6.42. The maximum atomic E-state index is 11.9. The summed E-state index contributed by atoms with van der Waals surface area (Å²) in [6.07, 6.45) is 2.47. The summed E-state index contributed by atoms with van der Waals surface area (Å²) in [7, 11) is 0. The summed E-state index contributed by atoms with van der Waals surface area (Å²) in [5.74, 6) is -0.0548. The first kappa shape index (κ1) is 20.0. The van der Waals surface area contributed by atoms with Gasteiger partial charge in [-0.1, -0.05) is 53.9 Å². The number of nitrogens with zero attached hydrogens (tertiary/aromatic N) is 1. The average Bonchev–Trinajstić information content (AvgIpc) is 2.66. The Bertz CT molecular complexity index is 812. The van der Waals surface area contributed by atoms with Gasteiger partial charge in [-0.3, -0.25) is 9.69 Å². The fourth-order valence-electron chi connectivity index (χ4n) is 3.75. The van der Waals surface area contributed by atoms with Crippen LogP contribution >= 0.6 is 23.2 Å². The summed E-state index contributed by atoms with van der Waals surface area (Å²) >= 11 is 12.8. The molecule has 4 nitrogen and oxygen atoms in total. The highest BCUT2D eigenvalue weighted by atomic mass is 35.5. The minimum atomic E-state index is -0.807. The number of hydrogen-bond acceptors (Lipinski definition) is 3. The average molecular weight is 408 g/mol. The zero-order valence-corrected chi connectivity index (χ0v) is 16.7. The van der Waals surface area contributed by atoms with Crippen LogP contribution in [-0.4, -0.2) is 35.2 Å². The van der Waals surface area contributed by atoms with Crippen LogP contribution in [0.25, 0.3) is 0 Å². The molecule has 1 fully saturated rings. The molecule has 0 aromatic heterocycles. The monoisotopic (exact) mass is 407 g/mol. The van der Waals surface area contributed by atoms with Gasteiger partial charge in [-0.15, -0.1) is 0 Å². The fraction of sp³-hybridized carbons (Fsp3) is 0.381. The van der Waals surface area contributed by atoms with Gasteiger partial charge in [-0.2, -0.15) is 0 Å². The highest BCUT2D eigenvalue weighted by Gasteiger charge is 2.36. The van der Waals surface area contributed by atoms with Crippen LogP contribution < -0.4 is 4.74 Å². The lowest BCUT2D eigenvalue weighted by atomic mass is 9.91. The number of benzene rings is 2. The Morgan fingerprint density at radius 2 is 2.04 bits per heavy atom. The maximum Gasteiger partial charge on any atom is 0.320 e. The second kappa shape index (κ2) is 8.96. The van der Waals surface area contributed by atoms with Gasteiger partial charge in [-0.05, 0) is 55.6 Å². The first-order valence-electron chi connectivity index (χ1n) is 9.18. The molecule has 1 heterocycles. The SMILES string of the molecule is CCOc1cccc(C(c2cccc(Cl)c2Cl)N2CCCCC2C(=O)O)c1. The second-order valence-electron chi connectivity index (χ2n) is 6.64. The molecule has 3 rings (SSSR count). The van der Waals surface area contributed by atoms with E-state index in [-0.39, 0.29) is 6.04 Å². The molecule has 2 aromatic rings. The van der Waals surface area contributed by atoms with Crippen LogP contribution in [0.15, 0.2) is 42.5 Å². The van der Waals surface area contributed by atoms with Crippen molar-refractivity contribution in [2.45, 2.75) is 38.3 Å². The number of piperidine rings is 1. The summed E-state index contributed by atoms with van der Waals surface area (Å²) < 4.78 is 5.65. The summed E-state index contributed by atoms with van der Waals surface area (Å²) in [5, 5.41) is 10.7. The molecule has 2 aromatic carbocycles. The van der Waals surface area contributed by atoms with Crippen LogP contribution in [-0.2, 0) is 4.79 Å². The van der Waals surface area contributed by atoms with Gasteiger partial charge in [0.05, 0.1) is 22.7 Å². The Morgan fingerprint density at radius 3 is 2.78 bits per heavy atom. The summed E-state index contributed by atoms with van der Waals surface area (Å²) in [4.78, 5) is 13.9. The van der Waals surface area contributed by atoms with Crippen molar-refractivity contribution in [3.63, 3.8) is 0 Å². The van der Waals surface area contributed by atoms with Gasteiger partial charge in [0, 0.05) is 0 Å². The van der Waals surface area contributed by atoms with Crippen LogP contribution in [0.4, 0.5) is 0 Å². The molecule has 0 radical (unpaired) electrons. The van der Waals surface area contributed by atoms with Crippen LogP contribution in [0.2, 0.25) is 10.0 Å². The highest BCUT2D eigenvalue weighted by Crippen LogP contribution is 2.40. The van der Waals surface area contributed by atoms with Crippen molar-refractivity contribution in [1.29, 1.82) is 0 Å². The van der Waals surface area contributed by atoms with E-state index in [0.717, 1.165) is 29.7 Å². The molecule has 1 saturated heterocycles. The fourth-order valence-corrected chi connectivity index (χ4v) is 4.16. The summed E-state index contributed by atoms with van der Waals surface area (Å²) in [6.45, 7) is 3.18.